The number of fused-ring (bicyclic) bond motifs is 1. The molecule has 0 fully saturated rings. The molecule has 1 aliphatic rings. The van der Waals surface area contributed by atoms with Crippen LogP contribution in [0.4, 0.5) is 0 Å². The van der Waals surface area contributed by atoms with E-state index in [0.717, 1.165) is 18.6 Å². The molecule has 1 aromatic heterocycles. The van der Waals surface area contributed by atoms with Crippen molar-refractivity contribution in [2.75, 3.05) is 26.2 Å². The molecule has 180 valence electrons. The van der Waals surface area contributed by atoms with Gasteiger partial charge in [0.1, 0.15) is 12.4 Å². The zero-order valence-corrected chi connectivity index (χ0v) is 21.5. The van der Waals surface area contributed by atoms with Crippen LogP contribution in [-0.2, 0) is 16.0 Å². The summed E-state index contributed by atoms with van der Waals surface area (Å²) in [6.45, 7) is 12.2. The van der Waals surface area contributed by atoms with Crippen LogP contribution < -0.4 is 4.74 Å². The van der Waals surface area contributed by atoms with Crippen molar-refractivity contribution in [3.05, 3.63) is 51.7 Å². The smallest absolute Gasteiger partial charge is 0.242 e. The Balaban J connectivity index is 1.76. The number of hydrogen-bond donors (Lipinski definition) is 0. The van der Waals surface area contributed by atoms with Crippen LogP contribution in [0.15, 0.2) is 35.7 Å². The molecule has 5 nitrogen and oxygen atoms in total. The second-order valence-corrected chi connectivity index (χ2v) is 10.7. The van der Waals surface area contributed by atoms with Gasteiger partial charge in [-0.05, 0) is 54.3 Å². The predicted octanol–water partition coefficient (Wildman–Crippen LogP) is 5.48. The number of aryl methyl sites for hydroxylation is 1. The first-order chi connectivity index (χ1) is 15.8. The maximum atomic E-state index is 13.5. The number of rotatable bonds is 10. The number of carbonyl (C=O) groups excluding carboxylic acids is 2. The summed E-state index contributed by atoms with van der Waals surface area (Å²) in [5.74, 6) is 1.51. The highest BCUT2D eigenvalue weighted by molar-refractivity contribution is 7.10. The number of amides is 2. The first-order valence-corrected chi connectivity index (χ1v) is 13.0. The van der Waals surface area contributed by atoms with Gasteiger partial charge < -0.3 is 14.5 Å². The summed E-state index contributed by atoms with van der Waals surface area (Å²) in [6, 6.07) is 9.97. The molecule has 0 saturated heterocycles. The van der Waals surface area contributed by atoms with E-state index < -0.39 is 0 Å². The monoisotopic (exact) mass is 470 g/mol. The van der Waals surface area contributed by atoms with Gasteiger partial charge >= 0.3 is 0 Å². The highest BCUT2D eigenvalue weighted by Crippen LogP contribution is 2.34. The van der Waals surface area contributed by atoms with E-state index in [0.29, 0.717) is 32.0 Å². The second-order valence-electron chi connectivity index (χ2n) is 9.66. The normalized spacial score (nSPS) is 16.4. The molecule has 0 unspecified atom stereocenters. The SMILES string of the molecule is CC[C@H](C)CN(CC(=O)N1CCc2sccc2[C@H]1COc1ccc(C)cc1)C(=O)CC(C)C. The van der Waals surface area contributed by atoms with Gasteiger partial charge in [0.05, 0.1) is 12.6 Å². The van der Waals surface area contributed by atoms with Crippen LogP contribution in [0.25, 0.3) is 0 Å². The molecule has 0 bridgehead atoms. The average Bonchev–Trinajstić information content (AvgIpc) is 3.26. The molecular weight excluding hydrogens is 432 g/mol. The van der Waals surface area contributed by atoms with Crippen molar-refractivity contribution in [2.24, 2.45) is 11.8 Å². The lowest BCUT2D eigenvalue weighted by molar-refractivity contribution is -0.143. The van der Waals surface area contributed by atoms with E-state index in [1.165, 1.54) is 16.0 Å². The molecule has 1 aromatic carbocycles. The topological polar surface area (TPSA) is 49.9 Å². The highest BCUT2D eigenvalue weighted by Gasteiger charge is 2.33. The molecule has 0 radical (unpaired) electrons. The summed E-state index contributed by atoms with van der Waals surface area (Å²) in [5.41, 5.74) is 2.36. The predicted molar refractivity (Wildman–Crippen MR) is 135 cm³/mol. The van der Waals surface area contributed by atoms with E-state index in [1.54, 1.807) is 16.2 Å². The third kappa shape index (κ3) is 6.83. The third-order valence-electron chi connectivity index (χ3n) is 6.33. The Morgan fingerprint density at radius 1 is 1.18 bits per heavy atom. The van der Waals surface area contributed by atoms with E-state index in [9.17, 15) is 9.59 Å². The molecule has 2 aromatic rings. The molecule has 3 rings (SSSR count). The van der Waals surface area contributed by atoms with Gasteiger partial charge in [-0.2, -0.15) is 0 Å². The van der Waals surface area contributed by atoms with Crippen molar-refractivity contribution in [3.63, 3.8) is 0 Å². The Labute approximate surface area is 202 Å². The minimum atomic E-state index is -0.139. The minimum Gasteiger partial charge on any atom is -0.491 e. The van der Waals surface area contributed by atoms with Crippen LogP contribution in [-0.4, -0.2) is 47.9 Å². The molecule has 0 spiro atoms. The summed E-state index contributed by atoms with van der Waals surface area (Å²) in [4.78, 5) is 31.5. The molecule has 2 atom stereocenters. The van der Waals surface area contributed by atoms with Gasteiger partial charge in [0.25, 0.3) is 0 Å². The molecule has 6 heteroatoms. The fourth-order valence-corrected chi connectivity index (χ4v) is 5.10. The van der Waals surface area contributed by atoms with Crippen LogP contribution in [0.1, 0.15) is 62.6 Å². The average molecular weight is 471 g/mol. The fraction of sp³-hybridized carbons (Fsp3) is 0.556. The molecule has 33 heavy (non-hydrogen) atoms. The van der Waals surface area contributed by atoms with Crippen molar-refractivity contribution in [2.45, 2.75) is 59.9 Å². The first kappa shape index (κ1) is 25.3. The highest BCUT2D eigenvalue weighted by atomic mass is 32.1. The zero-order valence-electron chi connectivity index (χ0n) is 20.7. The Kier molecular flexibility index (Phi) is 8.95. The molecule has 0 N–H and O–H groups in total. The lowest BCUT2D eigenvalue weighted by Crippen LogP contribution is -2.48. The first-order valence-electron chi connectivity index (χ1n) is 12.1. The van der Waals surface area contributed by atoms with Gasteiger partial charge in [0.2, 0.25) is 11.8 Å². The van der Waals surface area contributed by atoms with E-state index in [-0.39, 0.29) is 30.3 Å². The number of ether oxygens (including phenoxy) is 1. The van der Waals surface area contributed by atoms with E-state index in [4.69, 9.17) is 4.74 Å². The van der Waals surface area contributed by atoms with Gasteiger partial charge in [0.15, 0.2) is 0 Å². The zero-order chi connectivity index (χ0) is 24.0. The van der Waals surface area contributed by atoms with Crippen LogP contribution in [0.5, 0.6) is 5.75 Å². The lowest BCUT2D eigenvalue weighted by atomic mass is 10.00. The molecule has 0 aliphatic carbocycles. The number of benzene rings is 1. The summed E-state index contributed by atoms with van der Waals surface area (Å²) in [6.07, 6.45) is 2.30. The van der Waals surface area contributed by atoms with Crippen molar-refractivity contribution >= 4 is 23.2 Å². The maximum Gasteiger partial charge on any atom is 0.242 e. The number of carbonyl (C=O) groups is 2. The van der Waals surface area contributed by atoms with Crippen molar-refractivity contribution in [3.8, 4) is 5.75 Å². The van der Waals surface area contributed by atoms with Crippen LogP contribution in [0, 0.1) is 18.8 Å². The number of thiophene rings is 1. The van der Waals surface area contributed by atoms with E-state index >= 15 is 0 Å². The molecular formula is C27H38N2O3S. The quantitative estimate of drug-likeness (QED) is 0.462. The van der Waals surface area contributed by atoms with Crippen LogP contribution >= 0.6 is 11.3 Å². The standard InChI is InChI=1S/C27H38N2O3S/c1-6-20(4)16-28(26(30)15-19(2)3)17-27(31)29-13-11-25-23(12-14-33-25)24(29)18-32-22-9-7-21(5)8-10-22/h7-10,12,14,19-20,24H,6,11,13,15-18H2,1-5H3/t20-,24+/m0/s1. The Hall–Kier alpha value is -2.34. The summed E-state index contributed by atoms with van der Waals surface area (Å²) in [5, 5.41) is 2.10. The number of hydrogen-bond acceptors (Lipinski definition) is 4. The van der Waals surface area contributed by atoms with Gasteiger partial charge in [0, 0.05) is 24.4 Å². The van der Waals surface area contributed by atoms with Gasteiger partial charge in [-0.3, -0.25) is 9.59 Å². The summed E-state index contributed by atoms with van der Waals surface area (Å²) in [7, 11) is 0. The summed E-state index contributed by atoms with van der Waals surface area (Å²) < 4.78 is 6.12. The largest absolute Gasteiger partial charge is 0.491 e. The molecule has 2 heterocycles. The lowest BCUT2D eigenvalue weighted by Gasteiger charge is -2.37. The van der Waals surface area contributed by atoms with Gasteiger partial charge in [-0.1, -0.05) is 51.8 Å². The van der Waals surface area contributed by atoms with Gasteiger partial charge in [-0.25, -0.2) is 0 Å². The Bertz CT molecular complexity index is 922. The fourth-order valence-electron chi connectivity index (χ4n) is 4.18. The van der Waals surface area contributed by atoms with Gasteiger partial charge in [-0.15, -0.1) is 11.3 Å². The van der Waals surface area contributed by atoms with Crippen molar-refractivity contribution in [1.82, 2.24) is 9.80 Å². The molecule has 1 aliphatic heterocycles. The van der Waals surface area contributed by atoms with E-state index in [1.807, 2.05) is 43.0 Å². The van der Waals surface area contributed by atoms with E-state index in [2.05, 4.69) is 32.2 Å². The number of nitrogens with zero attached hydrogens (tertiary/aromatic N) is 2. The Morgan fingerprint density at radius 2 is 1.91 bits per heavy atom. The van der Waals surface area contributed by atoms with Crippen molar-refractivity contribution in [1.29, 1.82) is 0 Å². The molecule has 0 saturated carbocycles. The third-order valence-corrected chi connectivity index (χ3v) is 7.33. The van der Waals surface area contributed by atoms with Crippen molar-refractivity contribution < 1.29 is 14.3 Å². The van der Waals surface area contributed by atoms with Crippen LogP contribution in [0.3, 0.4) is 0 Å². The molecule has 2 amide bonds. The van der Waals surface area contributed by atoms with Crippen LogP contribution in [0.2, 0.25) is 0 Å². The maximum absolute atomic E-state index is 13.5. The second kappa shape index (κ2) is 11.7. The summed E-state index contributed by atoms with van der Waals surface area (Å²) >= 11 is 1.75. The Morgan fingerprint density at radius 3 is 2.58 bits per heavy atom. The minimum absolute atomic E-state index is 0.00441.